The molecule has 6 nitrogen and oxygen atoms in total. The lowest BCUT2D eigenvalue weighted by atomic mass is 9.72. The monoisotopic (exact) mass is 519 g/mol. The zero-order chi connectivity index (χ0) is 20.1. The number of methoxy groups -OCH3 is 1. The molecular formula is C22H38IN3O3. The van der Waals surface area contributed by atoms with Crippen molar-refractivity contribution in [1.82, 2.24) is 10.6 Å². The van der Waals surface area contributed by atoms with Crippen molar-refractivity contribution in [3.63, 3.8) is 0 Å². The van der Waals surface area contributed by atoms with E-state index in [2.05, 4.69) is 48.7 Å². The first kappa shape index (κ1) is 26.1. The lowest BCUT2D eigenvalue weighted by molar-refractivity contribution is 0.0529. The van der Waals surface area contributed by atoms with Crippen molar-refractivity contribution in [1.29, 1.82) is 0 Å². The molecular weight excluding hydrogens is 481 g/mol. The van der Waals surface area contributed by atoms with E-state index in [-0.39, 0.29) is 29.4 Å². The van der Waals surface area contributed by atoms with E-state index in [1.807, 2.05) is 0 Å². The van der Waals surface area contributed by atoms with E-state index in [0.29, 0.717) is 13.2 Å². The molecule has 7 heteroatoms. The van der Waals surface area contributed by atoms with Gasteiger partial charge in [-0.1, -0.05) is 24.3 Å². The van der Waals surface area contributed by atoms with E-state index in [1.165, 1.54) is 11.1 Å². The number of nitrogens with one attached hydrogen (secondary N) is 2. The van der Waals surface area contributed by atoms with E-state index in [1.54, 1.807) is 7.11 Å². The van der Waals surface area contributed by atoms with Crippen LogP contribution in [0.25, 0.3) is 0 Å². The van der Waals surface area contributed by atoms with E-state index in [9.17, 15) is 0 Å². The Labute approximate surface area is 193 Å². The number of aliphatic imine (C=N–C) groups is 1. The summed E-state index contributed by atoms with van der Waals surface area (Å²) in [6.07, 6.45) is 2.95. The molecule has 1 aromatic rings. The van der Waals surface area contributed by atoms with Crippen molar-refractivity contribution in [2.45, 2.75) is 38.5 Å². The third kappa shape index (κ3) is 8.78. The summed E-state index contributed by atoms with van der Waals surface area (Å²) in [4.78, 5) is 4.95. The quantitative estimate of drug-likeness (QED) is 0.204. The highest BCUT2D eigenvalue weighted by atomic mass is 127. The van der Waals surface area contributed by atoms with E-state index < -0.39 is 0 Å². The number of hydrogen-bond donors (Lipinski definition) is 2. The van der Waals surface area contributed by atoms with Gasteiger partial charge < -0.3 is 24.8 Å². The molecule has 2 rings (SSSR count). The summed E-state index contributed by atoms with van der Waals surface area (Å²) in [5, 5.41) is 6.79. The molecule has 1 fully saturated rings. The molecule has 0 amide bonds. The maximum absolute atomic E-state index is 5.66. The molecule has 0 atom stereocenters. The summed E-state index contributed by atoms with van der Waals surface area (Å²) in [7, 11) is 1.69. The summed E-state index contributed by atoms with van der Waals surface area (Å²) in [5.41, 5.74) is 2.80. The highest BCUT2D eigenvalue weighted by molar-refractivity contribution is 14.0. The first-order chi connectivity index (χ1) is 13.7. The Morgan fingerprint density at radius 3 is 2.59 bits per heavy atom. The fourth-order valence-electron chi connectivity index (χ4n) is 3.64. The molecule has 0 aliphatic carbocycles. The molecule has 1 aliphatic rings. The summed E-state index contributed by atoms with van der Waals surface area (Å²) in [5.74, 6) is 0.874. The van der Waals surface area contributed by atoms with Crippen LogP contribution in [0.2, 0.25) is 0 Å². The molecule has 0 radical (unpaired) electrons. The first-order valence-corrected chi connectivity index (χ1v) is 10.4. The lowest BCUT2D eigenvalue weighted by Crippen LogP contribution is -2.42. The van der Waals surface area contributed by atoms with Gasteiger partial charge in [0.25, 0.3) is 0 Å². The normalized spacial score (nSPS) is 16.2. The van der Waals surface area contributed by atoms with Gasteiger partial charge in [0, 0.05) is 45.4 Å². The van der Waals surface area contributed by atoms with Gasteiger partial charge in [-0.05, 0) is 44.2 Å². The smallest absolute Gasteiger partial charge is 0.191 e. The van der Waals surface area contributed by atoms with Crippen molar-refractivity contribution in [3.05, 3.63) is 35.4 Å². The molecule has 1 saturated heterocycles. The predicted molar refractivity (Wildman–Crippen MR) is 130 cm³/mol. The number of ether oxygens (including phenoxy) is 3. The van der Waals surface area contributed by atoms with Crippen LogP contribution in [0, 0.1) is 6.92 Å². The van der Waals surface area contributed by atoms with Gasteiger partial charge in [0.1, 0.15) is 0 Å². The molecule has 166 valence electrons. The van der Waals surface area contributed by atoms with Crippen molar-refractivity contribution in [2.75, 3.05) is 59.8 Å². The Kier molecular flexibility index (Phi) is 13.5. The van der Waals surface area contributed by atoms with E-state index >= 15 is 0 Å². The second kappa shape index (κ2) is 15.0. The van der Waals surface area contributed by atoms with Gasteiger partial charge in [-0.25, -0.2) is 0 Å². The number of guanidine groups is 1. The number of aryl methyl sites for hydroxylation is 1. The van der Waals surface area contributed by atoms with Crippen LogP contribution in [-0.2, 0) is 19.6 Å². The van der Waals surface area contributed by atoms with Crippen LogP contribution in [0.4, 0.5) is 0 Å². The maximum atomic E-state index is 5.66. The average molecular weight is 519 g/mol. The maximum Gasteiger partial charge on any atom is 0.191 e. The summed E-state index contributed by atoms with van der Waals surface area (Å²) in [6.45, 7) is 10.3. The molecule has 0 aromatic heterocycles. The number of halogens is 1. The van der Waals surface area contributed by atoms with Crippen LogP contribution in [0.5, 0.6) is 0 Å². The van der Waals surface area contributed by atoms with E-state index in [4.69, 9.17) is 19.2 Å². The molecule has 2 N–H and O–H groups in total. The van der Waals surface area contributed by atoms with Gasteiger partial charge in [-0.3, -0.25) is 4.99 Å². The topological polar surface area (TPSA) is 64.1 Å². The summed E-state index contributed by atoms with van der Waals surface area (Å²) >= 11 is 0. The van der Waals surface area contributed by atoms with Crippen LogP contribution in [0.3, 0.4) is 0 Å². The SMILES string of the molecule is CCNC(=NCC1(c2ccccc2C)CCOCC1)NCCCOCCOC.I. The van der Waals surface area contributed by atoms with Crippen LogP contribution in [-0.4, -0.2) is 65.7 Å². The van der Waals surface area contributed by atoms with Gasteiger partial charge in [0.15, 0.2) is 5.96 Å². The molecule has 0 spiro atoms. The van der Waals surface area contributed by atoms with Crippen LogP contribution >= 0.6 is 24.0 Å². The average Bonchev–Trinajstić information content (AvgIpc) is 2.72. The van der Waals surface area contributed by atoms with Crippen LogP contribution in [0.1, 0.15) is 37.3 Å². The van der Waals surface area contributed by atoms with Crippen molar-refractivity contribution >= 4 is 29.9 Å². The molecule has 1 aromatic carbocycles. The second-order valence-corrected chi connectivity index (χ2v) is 7.29. The van der Waals surface area contributed by atoms with Crippen molar-refractivity contribution < 1.29 is 14.2 Å². The fraction of sp³-hybridized carbons (Fsp3) is 0.682. The second-order valence-electron chi connectivity index (χ2n) is 7.29. The Morgan fingerprint density at radius 2 is 1.90 bits per heavy atom. The molecule has 0 bridgehead atoms. The van der Waals surface area contributed by atoms with E-state index in [0.717, 1.165) is 64.7 Å². The third-order valence-corrected chi connectivity index (χ3v) is 5.24. The number of hydrogen-bond acceptors (Lipinski definition) is 4. The Morgan fingerprint density at radius 1 is 1.14 bits per heavy atom. The van der Waals surface area contributed by atoms with Crippen LogP contribution in [0.15, 0.2) is 29.3 Å². The summed E-state index contributed by atoms with van der Waals surface area (Å²) < 4.78 is 16.2. The zero-order valence-corrected chi connectivity index (χ0v) is 20.5. The Hall–Kier alpha value is -0.900. The molecule has 1 aliphatic heterocycles. The van der Waals surface area contributed by atoms with Gasteiger partial charge in [0.2, 0.25) is 0 Å². The zero-order valence-electron chi connectivity index (χ0n) is 18.2. The number of rotatable bonds is 11. The third-order valence-electron chi connectivity index (χ3n) is 5.24. The standard InChI is InChI=1S/C22H37N3O3.HI/c1-4-23-21(24-12-7-13-27-17-16-26-3)25-18-22(10-14-28-15-11-22)20-9-6-5-8-19(20)2;/h5-6,8-9H,4,7,10-18H2,1-3H3,(H2,23,24,25);1H. The minimum absolute atomic E-state index is 0. The predicted octanol–water partition coefficient (Wildman–Crippen LogP) is 3.27. The molecule has 0 unspecified atom stereocenters. The number of nitrogens with zero attached hydrogens (tertiary/aromatic N) is 1. The van der Waals surface area contributed by atoms with Crippen molar-refractivity contribution in [2.24, 2.45) is 4.99 Å². The molecule has 29 heavy (non-hydrogen) atoms. The first-order valence-electron chi connectivity index (χ1n) is 10.4. The lowest BCUT2D eigenvalue weighted by Gasteiger charge is -2.37. The minimum Gasteiger partial charge on any atom is -0.382 e. The van der Waals surface area contributed by atoms with Crippen LogP contribution < -0.4 is 10.6 Å². The van der Waals surface area contributed by atoms with Gasteiger partial charge >= 0.3 is 0 Å². The van der Waals surface area contributed by atoms with Crippen molar-refractivity contribution in [3.8, 4) is 0 Å². The van der Waals surface area contributed by atoms with Gasteiger partial charge in [-0.2, -0.15) is 0 Å². The Bertz CT molecular complexity index is 592. The highest BCUT2D eigenvalue weighted by Gasteiger charge is 2.35. The summed E-state index contributed by atoms with van der Waals surface area (Å²) in [6, 6.07) is 8.70. The highest BCUT2D eigenvalue weighted by Crippen LogP contribution is 2.36. The minimum atomic E-state index is 0. The van der Waals surface area contributed by atoms with Gasteiger partial charge in [0.05, 0.1) is 19.8 Å². The largest absolute Gasteiger partial charge is 0.382 e. The van der Waals surface area contributed by atoms with Gasteiger partial charge in [-0.15, -0.1) is 24.0 Å². The molecule has 1 heterocycles. The molecule has 0 saturated carbocycles. The number of benzene rings is 1. The fourth-order valence-corrected chi connectivity index (χ4v) is 3.64. The Balaban J connectivity index is 0.00000420.